The summed E-state index contributed by atoms with van der Waals surface area (Å²) in [6.45, 7) is 0.581. The first kappa shape index (κ1) is 18.6. The molecule has 1 saturated heterocycles. The van der Waals surface area contributed by atoms with Gasteiger partial charge in [-0.05, 0) is 36.6 Å². The number of carbonyl (C=O) groups is 2. The zero-order valence-corrected chi connectivity index (χ0v) is 16.4. The summed E-state index contributed by atoms with van der Waals surface area (Å²) < 4.78 is 23.4. The molecule has 1 atom stereocenters. The second-order valence-corrected chi connectivity index (χ2v) is 9.47. The maximum Gasteiger partial charge on any atom is 0.276 e. The predicted molar refractivity (Wildman–Crippen MR) is 105 cm³/mol. The van der Waals surface area contributed by atoms with Crippen LogP contribution in [0.5, 0.6) is 0 Å². The molecule has 0 spiro atoms. The first-order valence-electron chi connectivity index (χ1n) is 9.19. The number of amides is 2. The van der Waals surface area contributed by atoms with E-state index in [9.17, 15) is 18.0 Å². The molecule has 1 unspecified atom stereocenters. The number of aromatic nitrogens is 1. The third-order valence-electron chi connectivity index (χ3n) is 5.43. The van der Waals surface area contributed by atoms with E-state index in [1.165, 1.54) is 17.2 Å². The van der Waals surface area contributed by atoms with Gasteiger partial charge >= 0.3 is 0 Å². The molecule has 0 radical (unpaired) electrons. The third-order valence-corrected chi connectivity index (χ3v) is 7.19. The van der Waals surface area contributed by atoms with Crippen LogP contribution >= 0.6 is 0 Å². The Morgan fingerprint density at radius 3 is 2.75 bits per heavy atom. The lowest BCUT2D eigenvalue weighted by Crippen LogP contribution is -2.38. The van der Waals surface area contributed by atoms with Gasteiger partial charge in [-0.2, -0.15) is 0 Å². The monoisotopic (exact) mass is 399 g/mol. The summed E-state index contributed by atoms with van der Waals surface area (Å²) in [5, 5.41) is 0. The maximum absolute atomic E-state index is 13.0. The van der Waals surface area contributed by atoms with Crippen LogP contribution in [0.4, 0.5) is 5.69 Å². The van der Waals surface area contributed by atoms with Crippen LogP contribution in [0, 0.1) is 0 Å². The Hall–Kier alpha value is -2.74. The molecule has 2 amide bonds. The van der Waals surface area contributed by atoms with E-state index in [-0.39, 0.29) is 35.1 Å². The van der Waals surface area contributed by atoms with Gasteiger partial charge in [0.15, 0.2) is 9.84 Å². The zero-order chi connectivity index (χ0) is 19.9. The highest BCUT2D eigenvalue weighted by molar-refractivity contribution is 7.91. The molecule has 0 aliphatic carbocycles. The van der Waals surface area contributed by atoms with Crippen LogP contribution in [-0.2, 0) is 16.3 Å². The van der Waals surface area contributed by atoms with Crippen molar-refractivity contribution in [3.8, 4) is 0 Å². The predicted octanol–water partition coefficient (Wildman–Crippen LogP) is 1.54. The third kappa shape index (κ3) is 3.40. The Balaban J connectivity index is 1.55. The van der Waals surface area contributed by atoms with Gasteiger partial charge < -0.3 is 9.80 Å². The van der Waals surface area contributed by atoms with E-state index in [1.54, 1.807) is 18.0 Å². The smallest absolute Gasteiger partial charge is 0.276 e. The normalized spacial score (nSPS) is 20.0. The van der Waals surface area contributed by atoms with E-state index in [2.05, 4.69) is 4.98 Å². The summed E-state index contributed by atoms with van der Waals surface area (Å²) in [5.74, 6) is -0.466. The number of benzene rings is 1. The van der Waals surface area contributed by atoms with Crippen molar-refractivity contribution in [2.24, 2.45) is 0 Å². The highest BCUT2D eigenvalue weighted by atomic mass is 32.2. The van der Waals surface area contributed by atoms with Crippen molar-refractivity contribution < 1.29 is 18.0 Å². The van der Waals surface area contributed by atoms with Gasteiger partial charge in [0.1, 0.15) is 5.69 Å². The quantitative estimate of drug-likeness (QED) is 0.781. The molecule has 2 aromatic rings. The fraction of sp³-hybridized carbons (Fsp3) is 0.350. The molecule has 8 heteroatoms. The molecule has 7 nitrogen and oxygen atoms in total. The molecule has 1 aromatic heterocycles. The second kappa shape index (κ2) is 7.01. The fourth-order valence-corrected chi connectivity index (χ4v) is 5.59. The van der Waals surface area contributed by atoms with Crippen molar-refractivity contribution in [3.05, 3.63) is 59.4 Å². The van der Waals surface area contributed by atoms with Crippen molar-refractivity contribution in [1.29, 1.82) is 0 Å². The first-order valence-corrected chi connectivity index (χ1v) is 11.0. The standard InChI is InChI=1S/C20H21N3O4S/c1-22(16-8-11-28(26,27)13-16)19(24)15-6-9-21-17(12-15)20(25)23-10-7-14-4-2-3-5-18(14)23/h2-6,9,12,16H,7-8,10-11,13H2,1H3. The number of pyridine rings is 1. The molecule has 0 saturated carbocycles. The minimum absolute atomic E-state index is 0.0172. The minimum atomic E-state index is -3.08. The van der Waals surface area contributed by atoms with Crippen molar-refractivity contribution in [3.63, 3.8) is 0 Å². The molecule has 0 bridgehead atoms. The molecule has 1 aromatic carbocycles. The van der Waals surface area contributed by atoms with Crippen LogP contribution in [0.3, 0.4) is 0 Å². The Labute approximate surface area is 163 Å². The van der Waals surface area contributed by atoms with Crippen LogP contribution in [0.15, 0.2) is 42.6 Å². The summed E-state index contributed by atoms with van der Waals surface area (Å²) in [4.78, 5) is 33.1. The maximum atomic E-state index is 13.0. The number of hydrogen-bond acceptors (Lipinski definition) is 5. The number of sulfone groups is 1. The molecular formula is C20H21N3O4S. The zero-order valence-electron chi connectivity index (χ0n) is 15.5. The van der Waals surface area contributed by atoms with Crippen molar-refractivity contribution in [1.82, 2.24) is 9.88 Å². The number of para-hydroxylation sites is 1. The molecular weight excluding hydrogens is 378 g/mol. The van der Waals surface area contributed by atoms with Gasteiger partial charge in [0.2, 0.25) is 0 Å². The van der Waals surface area contributed by atoms with E-state index in [1.807, 2.05) is 24.3 Å². The van der Waals surface area contributed by atoms with Gasteiger partial charge in [-0.1, -0.05) is 18.2 Å². The lowest BCUT2D eigenvalue weighted by atomic mass is 10.1. The van der Waals surface area contributed by atoms with Gasteiger partial charge in [-0.25, -0.2) is 8.42 Å². The average Bonchev–Trinajstić information content (AvgIpc) is 3.29. The number of carbonyl (C=O) groups excluding carboxylic acids is 2. The lowest BCUT2D eigenvalue weighted by molar-refractivity contribution is 0.0747. The van der Waals surface area contributed by atoms with E-state index in [4.69, 9.17) is 0 Å². The second-order valence-electron chi connectivity index (χ2n) is 7.24. The van der Waals surface area contributed by atoms with E-state index >= 15 is 0 Å². The molecule has 2 aliphatic rings. The van der Waals surface area contributed by atoms with Crippen molar-refractivity contribution in [2.45, 2.75) is 18.9 Å². The number of nitrogens with zero attached hydrogens (tertiary/aromatic N) is 3. The first-order chi connectivity index (χ1) is 13.4. The highest BCUT2D eigenvalue weighted by Gasteiger charge is 2.33. The molecule has 2 aliphatic heterocycles. The van der Waals surface area contributed by atoms with Crippen LogP contribution < -0.4 is 4.90 Å². The Kier molecular flexibility index (Phi) is 4.66. The lowest BCUT2D eigenvalue weighted by Gasteiger charge is -2.23. The minimum Gasteiger partial charge on any atom is -0.338 e. The number of hydrogen-bond donors (Lipinski definition) is 0. The van der Waals surface area contributed by atoms with E-state index in [0.717, 1.165) is 17.7 Å². The molecule has 1 fully saturated rings. The summed E-state index contributed by atoms with van der Waals surface area (Å²) in [5.41, 5.74) is 2.53. The summed E-state index contributed by atoms with van der Waals surface area (Å²) in [6.07, 6.45) is 2.67. The Bertz CT molecular complexity index is 1050. The SMILES string of the molecule is CN(C(=O)c1ccnc(C(=O)N2CCc3ccccc32)c1)C1CCS(=O)(=O)C1. The number of fused-ring (bicyclic) bond motifs is 1. The molecule has 0 N–H and O–H groups in total. The summed E-state index contributed by atoms with van der Waals surface area (Å²) in [6, 6.07) is 10.5. The Morgan fingerprint density at radius 2 is 2.00 bits per heavy atom. The highest BCUT2D eigenvalue weighted by Crippen LogP contribution is 2.28. The average molecular weight is 399 g/mol. The summed E-state index contributed by atoms with van der Waals surface area (Å²) in [7, 11) is -1.48. The fourth-order valence-electron chi connectivity index (χ4n) is 3.82. The van der Waals surface area contributed by atoms with Crippen LogP contribution in [0.25, 0.3) is 0 Å². The van der Waals surface area contributed by atoms with Crippen LogP contribution in [-0.4, -0.2) is 61.3 Å². The molecule has 3 heterocycles. The Morgan fingerprint density at radius 1 is 1.21 bits per heavy atom. The van der Waals surface area contributed by atoms with Gasteiger partial charge in [0.05, 0.1) is 11.5 Å². The van der Waals surface area contributed by atoms with E-state index in [0.29, 0.717) is 18.5 Å². The molecule has 4 rings (SSSR count). The van der Waals surface area contributed by atoms with Crippen molar-refractivity contribution >= 4 is 27.3 Å². The van der Waals surface area contributed by atoms with Gasteiger partial charge in [-0.15, -0.1) is 0 Å². The topological polar surface area (TPSA) is 87.7 Å². The molecule has 28 heavy (non-hydrogen) atoms. The molecule has 146 valence electrons. The van der Waals surface area contributed by atoms with Gasteiger partial charge in [0.25, 0.3) is 11.8 Å². The van der Waals surface area contributed by atoms with E-state index < -0.39 is 9.84 Å². The number of anilines is 1. The van der Waals surface area contributed by atoms with Crippen molar-refractivity contribution in [2.75, 3.05) is 30.0 Å². The van der Waals surface area contributed by atoms with Gasteiger partial charge in [-0.3, -0.25) is 14.6 Å². The summed E-state index contributed by atoms with van der Waals surface area (Å²) >= 11 is 0. The van der Waals surface area contributed by atoms with Crippen LogP contribution in [0.1, 0.15) is 32.8 Å². The van der Waals surface area contributed by atoms with Crippen LogP contribution in [0.2, 0.25) is 0 Å². The van der Waals surface area contributed by atoms with Gasteiger partial charge in [0, 0.05) is 37.1 Å². The number of rotatable bonds is 3. The largest absolute Gasteiger partial charge is 0.338 e.